The van der Waals surface area contributed by atoms with Gasteiger partial charge in [0.15, 0.2) is 11.5 Å². The van der Waals surface area contributed by atoms with E-state index >= 15 is 0 Å². The van der Waals surface area contributed by atoms with Gasteiger partial charge in [-0.2, -0.15) is 0 Å². The van der Waals surface area contributed by atoms with Gasteiger partial charge in [0.1, 0.15) is 12.0 Å². The molecule has 172 valence electrons. The van der Waals surface area contributed by atoms with E-state index in [1.165, 1.54) is 0 Å². The quantitative estimate of drug-likeness (QED) is 0.552. The van der Waals surface area contributed by atoms with Crippen molar-refractivity contribution in [3.8, 4) is 11.5 Å². The monoisotopic (exact) mass is 447 g/mol. The highest BCUT2D eigenvalue weighted by Crippen LogP contribution is 2.38. The summed E-state index contributed by atoms with van der Waals surface area (Å²) < 4.78 is 16.6. The van der Waals surface area contributed by atoms with Crippen molar-refractivity contribution < 1.29 is 19.0 Å². The van der Waals surface area contributed by atoms with Crippen LogP contribution in [-0.4, -0.2) is 31.7 Å². The Morgan fingerprint density at radius 2 is 1.85 bits per heavy atom. The molecule has 0 aliphatic carbocycles. The first-order chi connectivity index (χ1) is 16.0. The van der Waals surface area contributed by atoms with Crippen LogP contribution in [0.5, 0.6) is 11.5 Å². The standard InChI is InChI=1S/C26H29N3O4/c1-5-33-21-12-11-19(14-22(21)32-4)24-28-26(30)23-20(16-31-3)13-17(2)27-25(23)29(24)15-18-9-7-6-8-10-18/h6-14,24H,5,15-16H2,1-4H3,(H,28,30). The first-order valence-corrected chi connectivity index (χ1v) is 11.0. The zero-order valence-electron chi connectivity index (χ0n) is 19.4. The highest BCUT2D eigenvalue weighted by molar-refractivity contribution is 6.02. The summed E-state index contributed by atoms with van der Waals surface area (Å²) in [4.78, 5) is 20.2. The minimum Gasteiger partial charge on any atom is -0.493 e. The number of methoxy groups -OCH3 is 2. The molecule has 1 aliphatic heterocycles. The summed E-state index contributed by atoms with van der Waals surface area (Å²) in [5, 5.41) is 3.18. The van der Waals surface area contributed by atoms with Crippen LogP contribution in [0, 0.1) is 6.92 Å². The number of aromatic nitrogens is 1. The number of hydrogen-bond donors (Lipinski definition) is 1. The Kier molecular flexibility index (Phi) is 6.79. The van der Waals surface area contributed by atoms with Crippen LogP contribution >= 0.6 is 0 Å². The van der Waals surface area contributed by atoms with Crippen molar-refractivity contribution >= 4 is 11.7 Å². The van der Waals surface area contributed by atoms with Gasteiger partial charge in [-0.25, -0.2) is 4.98 Å². The molecule has 1 N–H and O–H groups in total. The number of fused-ring (bicyclic) bond motifs is 1. The number of rotatable bonds is 8. The molecule has 1 aromatic heterocycles. The van der Waals surface area contributed by atoms with Crippen LogP contribution in [0.1, 0.15) is 45.8 Å². The summed E-state index contributed by atoms with van der Waals surface area (Å²) in [6.45, 7) is 5.30. The lowest BCUT2D eigenvalue weighted by Crippen LogP contribution is -2.47. The maximum absolute atomic E-state index is 13.3. The summed E-state index contributed by atoms with van der Waals surface area (Å²) in [6.07, 6.45) is -0.431. The largest absolute Gasteiger partial charge is 0.493 e. The number of ether oxygens (including phenoxy) is 3. The molecular formula is C26H29N3O4. The van der Waals surface area contributed by atoms with E-state index in [1.54, 1.807) is 14.2 Å². The fourth-order valence-corrected chi connectivity index (χ4v) is 4.18. The van der Waals surface area contributed by atoms with E-state index in [2.05, 4.69) is 22.3 Å². The maximum atomic E-state index is 13.3. The SMILES string of the molecule is CCOc1ccc(C2NC(=O)c3c(COC)cc(C)nc3N2Cc2ccccc2)cc1OC. The molecule has 0 radical (unpaired) electrons. The lowest BCUT2D eigenvalue weighted by molar-refractivity contribution is 0.0919. The predicted molar refractivity (Wildman–Crippen MR) is 127 cm³/mol. The van der Waals surface area contributed by atoms with Gasteiger partial charge in [-0.3, -0.25) is 4.79 Å². The van der Waals surface area contributed by atoms with Gasteiger partial charge >= 0.3 is 0 Å². The van der Waals surface area contributed by atoms with Crippen LogP contribution in [0.25, 0.3) is 0 Å². The fourth-order valence-electron chi connectivity index (χ4n) is 4.18. The second-order valence-corrected chi connectivity index (χ2v) is 7.89. The molecule has 0 fully saturated rings. The lowest BCUT2D eigenvalue weighted by atomic mass is 10.0. The molecule has 0 saturated heterocycles. The Morgan fingerprint density at radius 1 is 1.06 bits per heavy atom. The Hall–Kier alpha value is -3.58. The number of nitrogens with zero attached hydrogens (tertiary/aromatic N) is 2. The molecule has 1 amide bonds. The maximum Gasteiger partial charge on any atom is 0.257 e. The molecule has 0 spiro atoms. The highest BCUT2D eigenvalue weighted by atomic mass is 16.5. The van der Waals surface area contributed by atoms with E-state index in [-0.39, 0.29) is 5.91 Å². The first-order valence-electron chi connectivity index (χ1n) is 11.0. The van der Waals surface area contributed by atoms with E-state index in [9.17, 15) is 4.79 Å². The summed E-state index contributed by atoms with van der Waals surface area (Å²) in [5.41, 5.74) is 4.18. The number of carbonyl (C=O) groups excluding carboxylic acids is 1. The number of amides is 1. The number of pyridine rings is 1. The van der Waals surface area contributed by atoms with Crippen molar-refractivity contribution in [3.05, 3.63) is 82.5 Å². The first kappa shape index (κ1) is 22.6. The molecule has 7 heteroatoms. The molecule has 2 aromatic carbocycles. The number of benzene rings is 2. The summed E-state index contributed by atoms with van der Waals surface area (Å²) in [7, 11) is 3.24. The van der Waals surface area contributed by atoms with Gasteiger partial charge in [-0.1, -0.05) is 36.4 Å². The third-order valence-corrected chi connectivity index (χ3v) is 5.59. The van der Waals surface area contributed by atoms with E-state index in [0.29, 0.717) is 42.6 Å². The Bertz CT molecular complexity index is 1130. The third-order valence-electron chi connectivity index (χ3n) is 5.59. The van der Waals surface area contributed by atoms with E-state index in [1.807, 2.05) is 56.3 Å². The number of anilines is 1. The summed E-state index contributed by atoms with van der Waals surface area (Å²) >= 11 is 0. The topological polar surface area (TPSA) is 72.9 Å². The zero-order chi connectivity index (χ0) is 23.4. The molecule has 3 aromatic rings. The molecular weight excluding hydrogens is 418 g/mol. The molecule has 0 saturated carbocycles. The molecule has 0 bridgehead atoms. The number of carbonyl (C=O) groups is 1. The van der Waals surface area contributed by atoms with Gasteiger partial charge in [0.2, 0.25) is 0 Å². The van der Waals surface area contributed by atoms with Gasteiger partial charge in [0.05, 0.1) is 25.9 Å². The number of nitrogens with one attached hydrogen (secondary N) is 1. The average molecular weight is 448 g/mol. The predicted octanol–water partition coefficient (Wildman–Crippen LogP) is 4.39. The second-order valence-electron chi connectivity index (χ2n) is 7.89. The highest BCUT2D eigenvalue weighted by Gasteiger charge is 2.35. The van der Waals surface area contributed by atoms with E-state index in [4.69, 9.17) is 19.2 Å². The van der Waals surface area contributed by atoms with Crippen LogP contribution in [0.4, 0.5) is 5.82 Å². The molecule has 4 rings (SSSR count). The van der Waals surface area contributed by atoms with Crippen molar-refractivity contribution in [1.82, 2.24) is 10.3 Å². The smallest absolute Gasteiger partial charge is 0.257 e. The van der Waals surface area contributed by atoms with Gasteiger partial charge < -0.3 is 24.4 Å². The Labute approximate surface area is 194 Å². The van der Waals surface area contributed by atoms with Gasteiger partial charge in [-0.05, 0) is 48.7 Å². The molecule has 1 aliphatic rings. The van der Waals surface area contributed by atoms with Crippen molar-refractivity contribution in [1.29, 1.82) is 0 Å². The zero-order valence-corrected chi connectivity index (χ0v) is 19.4. The molecule has 2 heterocycles. The Morgan fingerprint density at radius 3 is 2.55 bits per heavy atom. The average Bonchev–Trinajstić information content (AvgIpc) is 2.82. The molecule has 7 nitrogen and oxygen atoms in total. The molecule has 1 unspecified atom stereocenters. The van der Waals surface area contributed by atoms with Crippen LogP contribution in [0.15, 0.2) is 54.6 Å². The van der Waals surface area contributed by atoms with Crippen molar-refractivity contribution in [3.63, 3.8) is 0 Å². The van der Waals surface area contributed by atoms with Crippen LogP contribution in [0.3, 0.4) is 0 Å². The van der Waals surface area contributed by atoms with Crippen LogP contribution < -0.4 is 19.7 Å². The number of aryl methyl sites for hydroxylation is 1. The summed E-state index contributed by atoms with van der Waals surface area (Å²) in [6, 6.07) is 17.8. The second kappa shape index (κ2) is 9.92. The van der Waals surface area contributed by atoms with Crippen molar-refractivity contribution in [2.45, 2.75) is 33.2 Å². The molecule has 1 atom stereocenters. The number of hydrogen-bond acceptors (Lipinski definition) is 6. The minimum atomic E-state index is -0.431. The van der Waals surface area contributed by atoms with Crippen molar-refractivity contribution in [2.75, 3.05) is 25.7 Å². The van der Waals surface area contributed by atoms with Gasteiger partial charge in [-0.15, -0.1) is 0 Å². The summed E-state index contributed by atoms with van der Waals surface area (Å²) in [5.74, 6) is 1.75. The van der Waals surface area contributed by atoms with Crippen LogP contribution in [-0.2, 0) is 17.9 Å². The fraction of sp³-hybridized carbons (Fsp3) is 0.308. The lowest BCUT2D eigenvalue weighted by Gasteiger charge is -2.39. The van der Waals surface area contributed by atoms with Crippen molar-refractivity contribution in [2.24, 2.45) is 0 Å². The minimum absolute atomic E-state index is 0.174. The van der Waals surface area contributed by atoms with Gasteiger partial charge in [0.25, 0.3) is 5.91 Å². The van der Waals surface area contributed by atoms with E-state index in [0.717, 1.165) is 22.4 Å². The normalized spacial score (nSPS) is 15.1. The Balaban J connectivity index is 1.84. The van der Waals surface area contributed by atoms with Gasteiger partial charge in [0, 0.05) is 19.3 Å². The third kappa shape index (κ3) is 4.64. The molecule has 33 heavy (non-hydrogen) atoms. The van der Waals surface area contributed by atoms with Crippen LogP contribution in [0.2, 0.25) is 0 Å². The van der Waals surface area contributed by atoms with E-state index < -0.39 is 6.17 Å².